The lowest BCUT2D eigenvalue weighted by Gasteiger charge is -2.21. The molecule has 2 unspecified atom stereocenters. The molecule has 0 aromatic carbocycles. The number of aliphatic hydroxyl groups excluding tert-OH is 1. The first-order chi connectivity index (χ1) is 48.7. The van der Waals surface area contributed by atoms with Crippen molar-refractivity contribution >= 4 is 39.5 Å². The van der Waals surface area contributed by atoms with Crippen LogP contribution < -0.4 is 0 Å². The summed E-state index contributed by atoms with van der Waals surface area (Å²) in [5.74, 6) is -2.18. The molecule has 0 fully saturated rings. The molecule has 19 heteroatoms. The van der Waals surface area contributed by atoms with Gasteiger partial charge in [0.1, 0.15) is 19.3 Å². The molecule has 17 nitrogen and oxygen atoms in total. The summed E-state index contributed by atoms with van der Waals surface area (Å²) >= 11 is 0. The number of hydrogen-bond acceptors (Lipinski definition) is 15. The topological polar surface area (TPSA) is 237 Å². The molecule has 3 N–H and O–H groups in total. The van der Waals surface area contributed by atoms with Crippen molar-refractivity contribution < 1.29 is 80.2 Å². The van der Waals surface area contributed by atoms with E-state index in [-0.39, 0.29) is 25.7 Å². The zero-order chi connectivity index (χ0) is 73.2. The summed E-state index contributed by atoms with van der Waals surface area (Å²) in [5, 5.41) is 10.6. The fraction of sp³-hybridized carbons (Fsp3) is 0.827. The number of allylic oxidation sites excluding steroid dienone is 10. The quantitative estimate of drug-likeness (QED) is 0.0169. The van der Waals surface area contributed by atoms with Crippen molar-refractivity contribution in [3.8, 4) is 0 Å². The molecule has 0 amide bonds. The van der Waals surface area contributed by atoms with Gasteiger partial charge in [0.05, 0.1) is 26.4 Å². The van der Waals surface area contributed by atoms with E-state index >= 15 is 0 Å². The summed E-state index contributed by atoms with van der Waals surface area (Å²) in [6, 6.07) is 0. The van der Waals surface area contributed by atoms with Crippen LogP contribution in [0.5, 0.6) is 0 Å². The van der Waals surface area contributed by atoms with E-state index in [4.69, 9.17) is 37.0 Å². The van der Waals surface area contributed by atoms with E-state index in [9.17, 15) is 43.2 Å². The molecule has 0 bridgehead atoms. The second-order valence-corrected chi connectivity index (χ2v) is 30.3. The van der Waals surface area contributed by atoms with Gasteiger partial charge in [0.25, 0.3) is 0 Å². The van der Waals surface area contributed by atoms with Gasteiger partial charge in [-0.3, -0.25) is 37.3 Å². The monoisotopic (exact) mass is 1460 g/mol. The molecular weight excluding hydrogens is 1310 g/mol. The van der Waals surface area contributed by atoms with Crippen LogP contribution in [0.15, 0.2) is 60.8 Å². The van der Waals surface area contributed by atoms with Crippen molar-refractivity contribution in [3.63, 3.8) is 0 Å². The summed E-state index contributed by atoms with van der Waals surface area (Å²) in [7, 11) is -9.95. The molecule has 0 aliphatic rings. The van der Waals surface area contributed by atoms with Gasteiger partial charge < -0.3 is 33.8 Å². The molecule has 100 heavy (non-hydrogen) atoms. The molecule has 0 aliphatic heterocycles. The number of unbranched alkanes of at least 4 members (excludes halogenated alkanes) is 41. The molecule has 0 heterocycles. The highest BCUT2D eigenvalue weighted by Crippen LogP contribution is 2.45. The Labute approximate surface area is 610 Å². The minimum absolute atomic E-state index is 0.0812. The SMILES string of the molecule is CCCCC/C=C\C/C=C\CCCCCCCC(=O)OC[C@H](COP(=O)(O)OC[C@@H](O)COP(=O)(O)OC[C@@H](COC(=O)CCCCCCC/C=C\CCCCCCCC)OC(=O)CCCCCCC/C=C\C/C=C\CCCCC)OC(=O)CCCCCCCCCCCCCCCCC. The third-order valence-electron chi connectivity index (χ3n) is 17.5. The second-order valence-electron chi connectivity index (χ2n) is 27.4. The molecular formula is C81H148O17P2. The van der Waals surface area contributed by atoms with Gasteiger partial charge in [-0.25, -0.2) is 9.13 Å². The third kappa shape index (κ3) is 73.1. The van der Waals surface area contributed by atoms with Crippen molar-refractivity contribution in [2.45, 2.75) is 393 Å². The van der Waals surface area contributed by atoms with E-state index in [2.05, 4.69) is 88.5 Å². The fourth-order valence-electron chi connectivity index (χ4n) is 11.2. The van der Waals surface area contributed by atoms with Crippen LogP contribution in [0.2, 0.25) is 0 Å². The number of carbonyl (C=O) groups is 4. The van der Waals surface area contributed by atoms with Gasteiger partial charge in [0.15, 0.2) is 12.2 Å². The van der Waals surface area contributed by atoms with Gasteiger partial charge >= 0.3 is 39.5 Å². The molecule has 0 rings (SSSR count). The fourth-order valence-corrected chi connectivity index (χ4v) is 12.8. The van der Waals surface area contributed by atoms with Crippen molar-refractivity contribution in [2.75, 3.05) is 39.6 Å². The highest BCUT2D eigenvalue weighted by molar-refractivity contribution is 7.47. The predicted octanol–water partition coefficient (Wildman–Crippen LogP) is 23.5. The number of phosphoric acid groups is 2. The largest absolute Gasteiger partial charge is 0.472 e. The third-order valence-corrected chi connectivity index (χ3v) is 19.4. The van der Waals surface area contributed by atoms with Crippen LogP contribution in [-0.2, 0) is 65.4 Å². The first-order valence-electron chi connectivity index (χ1n) is 40.5. The van der Waals surface area contributed by atoms with Crippen LogP contribution in [-0.4, -0.2) is 96.7 Å². The lowest BCUT2D eigenvalue weighted by molar-refractivity contribution is -0.161. The van der Waals surface area contributed by atoms with Crippen LogP contribution in [0.25, 0.3) is 0 Å². The highest BCUT2D eigenvalue weighted by atomic mass is 31.2. The maximum absolute atomic E-state index is 13.1. The predicted molar refractivity (Wildman–Crippen MR) is 409 cm³/mol. The minimum atomic E-state index is -4.98. The lowest BCUT2D eigenvalue weighted by atomic mass is 10.0. The molecule has 0 spiro atoms. The second kappa shape index (κ2) is 74.0. The van der Waals surface area contributed by atoms with Crippen molar-refractivity contribution in [1.82, 2.24) is 0 Å². The van der Waals surface area contributed by atoms with Crippen LogP contribution in [0.1, 0.15) is 374 Å². The van der Waals surface area contributed by atoms with Crippen LogP contribution >= 0.6 is 15.6 Å². The number of aliphatic hydroxyl groups is 1. The number of ether oxygens (including phenoxy) is 4. The maximum Gasteiger partial charge on any atom is 0.472 e. The van der Waals surface area contributed by atoms with E-state index in [1.807, 2.05) is 0 Å². The molecule has 0 saturated carbocycles. The van der Waals surface area contributed by atoms with E-state index in [1.165, 1.54) is 141 Å². The van der Waals surface area contributed by atoms with Gasteiger partial charge in [-0.15, -0.1) is 0 Å². The molecule has 5 atom stereocenters. The summed E-state index contributed by atoms with van der Waals surface area (Å²) < 4.78 is 68.6. The average Bonchev–Trinajstić information content (AvgIpc) is 1.01. The molecule has 0 aromatic rings. The summed E-state index contributed by atoms with van der Waals surface area (Å²) in [4.78, 5) is 73.0. The Hall–Kier alpha value is -3.24. The average molecular weight is 1460 g/mol. The van der Waals surface area contributed by atoms with Gasteiger partial charge in [-0.05, 0) is 116 Å². The standard InChI is InChI=1S/C81H148O17P2/c1-5-9-13-17-21-25-29-33-37-41-45-49-53-57-61-65-78(83)91-71-76(97-80(85)67-63-59-55-51-47-43-39-35-31-27-23-19-15-11-7-3)73-95-99(87,88)93-69-75(82)70-94-100(89,90)96-74-77(98-81(86)68-64-60-56-52-48-44-40-36-32-28-24-20-16-12-8-4)72-92-79(84)66-62-58-54-50-46-42-38-34-30-26-22-18-14-10-6-2/h21,24-25,28,33-34,36-38,40,75-77,82H,5-20,22-23,26-27,29-32,35,39,41-74H2,1-4H3,(H,87,88)(H,89,90)/b25-21-,28-24-,37-33-,38-34-,40-36-/t75-,76-,77-/m1/s1. The van der Waals surface area contributed by atoms with Gasteiger partial charge in [0, 0.05) is 25.7 Å². The first-order valence-corrected chi connectivity index (χ1v) is 43.5. The number of hydrogen-bond donors (Lipinski definition) is 3. The van der Waals surface area contributed by atoms with E-state index < -0.39 is 97.5 Å². The van der Waals surface area contributed by atoms with E-state index in [0.29, 0.717) is 25.7 Å². The van der Waals surface area contributed by atoms with Crippen molar-refractivity contribution in [1.29, 1.82) is 0 Å². The van der Waals surface area contributed by atoms with Crippen LogP contribution in [0.4, 0.5) is 0 Å². The van der Waals surface area contributed by atoms with Gasteiger partial charge in [-0.1, -0.05) is 294 Å². The molecule has 584 valence electrons. The lowest BCUT2D eigenvalue weighted by Crippen LogP contribution is -2.30. The van der Waals surface area contributed by atoms with Gasteiger partial charge in [-0.2, -0.15) is 0 Å². The summed E-state index contributed by atoms with van der Waals surface area (Å²) in [6.45, 7) is 4.85. The highest BCUT2D eigenvalue weighted by Gasteiger charge is 2.30. The normalized spacial score (nSPS) is 14.2. The Morgan fingerprint density at radius 2 is 0.490 bits per heavy atom. The Bertz CT molecular complexity index is 2130. The molecule has 0 saturated heterocycles. The zero-order valence-corrected chi connectivity index (χ0v) is 65.7. The van der Waals surface area contributed by atoms with Crippen LogP contribution in [0, 0.1) is 0 Å². The van der Waals surface area contributed by atoms with E-state index in [0.717, 1.165) is 154 Å². The number of esters is 4. The number of phosphoric ester groups is 2. The number of rotatable bonds is 77. The van der Waals surface area contributed by atoms with E-state index in [1.54, 1.807) is 0 Å². The molecule has 0 aliphatic carbocycles. The van der Waals surface area contributed by atoms with Gasteiger partial charge in [0.2, 0.25) is 0 Å². The van der Waals surface area contributed by atoms with Crippen molar-refractivity contribution in [2.24, 2.45) is 0 Å². The minimum Gasteiger partial charge on any atom is -0.462 e. The first kappa shape index (κ1) is 96.8. The summed E-state index contributed by atoms with van der Waals surface area (Å²) in [6.07, 6.45) is 73.3. The summed E-state index contributed by atoms with van der Waals surface area (Å²) in [5.41, 5.74) is 0. The smallest absolute Gasteiger partial charge is 0.462 e. The molecule has 0 aromatic heterocycles. The Morgan fingerprint density at radius 3 is 0.770 bits per heavy atom. The Morgan fingerprint density at radius 1 is 0.280 bits per heavy atom. The van der Waals surface area contributed by atoms with Crippen LogP contribution in [0.3, 0.4) is 0 Å². The number of carbonyl (C=O) groups excluding carboxylic acids is 4. The molecule has 0 radical (unpaired) electrons. The zero-order valence-electron chi connectivity index (χ0n) is 63.9. The Balaban J connectivity index is 5.35. The van der Waals surface area contributed by atoms with Crippen molar-refractivity contribution in [3.05, 3.63) is 60.8 Å². The maximum atomic E-state index is 13.1. The Kier molecular flexibility index (Phi) is 71.6.